The first-order chi connectivity index (χ1) is 17.4. The summed E-state index contributed by atoms with van der Waals surface area (Å²) in [6.07, 6.45) is 0.818. The van der Waals surface area contributed by atoms with Gasteiger partial charge in [-0.1, -0.05) is 20.8 Å². The molecular formula is C28H42N2O7. The fourth-order valence-corrected chi connectivity index (χ4v) is 9.13. The molecule has 0 aromatic carbocycles. The summed E-state index contributed by atoms with van der Waals surface area (Å²) in [5.41, 5.74) is -2.59. The molecule has 11 atom stereocenters. The lowest BCUT2D eigenvalue weighted by molar-refractivity contribution is -0.207. The van der Waals surface area contributed by atoms with Crippen LogP contribution >= 0.6 is 0 Å². The maximum Gasteiger partial charge on any atom is 0.414 e. The van der Waals surface area contributed by atoms with Crippen molar-refractivity contribution in [1.29, 1.82) is 0 Å². The third-order valence-electron chi connectivity index (χ3n) is 11.6. The highest BCUT2D eigenvalue weighted by Crippen LogP contribution is 2.68. The zero-order valence-electron chi connectivity index (χ0n) is 22.7. The minimum atomic E-state index is -1.34. The van der Waals surface area contributed by atoms with Crippen molar-refractivity contribution in [2.24, 2.45) is 45.8 Å². The SMILES string of the molecule is COC(=O)[C@]1(C)C[C@@H](OC(=O)NC(=O)[C@H]2CN3CC[C@@H]2C3)[C@@]2(C)C3C(=O)CCC3(CC[C@H]2C)[C@@H](C)[C@@H]1O. The summed E-state index contributed by atoms with van der Waals surface area (Å²) in [7, 11) is 1.29. The first-order valence-corrected chi connectivity index (χ1v) is 13.9. The molecule has 5 aliphatic rings. The topological polar surface area (TPSA) is 122 Å². The van der Waals surface area contributed by atoms with Crippen LogP contribution in [0.1, 0.15) is 66.2 Å². The number of nitrogens with one attached hydrogen (secondary N) is 1. The highest BCUT2D eigenvalue weighted by atomic mass is 16.6. The molecule has 206 valence electrons. The van der Waals surface area contributed by atoms with Crippen LogP contribution < -0.4 is 5.32 Å². The lowest BCUT2D eigenvalue weighted by atomic mass is 9.44. The number of hydrogen-bond acceptors (Lipinski definition) is 8. The number of esters is 1. The second kappa shape index (κ2) is 9.04. The molecule has 37 heavy (non-hydrogen) atoms. The van der Waals surface area contributed by atoms with Gasteiger partial charge in [0.2, 0.25) is 5.91 Å². The molecule has 3 aliphatic carbocycles. The zero-order chi connectivity index (χ0) is 26.9. The summed E-state index contributed by atoms with van der Waals surface area (Å²) in [5, 5.41) is 14.1. The van der Waals surface area contributed by atoms with Gasteiger partial charge in [-0.2, -0.15) is 0 Å². The van der Waals surface area contributed by atoms with E-state index in [1.807, 2.05) is 13.8 Å². The molecule has 2 heterocycles. The molecule has 0 spiro atoms. The molecule has 0 radical (unpaired) electrons. The molecule has 5 rings (SSSR count). The number of hydrogen-bond donors (Lipinski definition) is 2. The molecule has 2 saturated heterocycles. The highest BCUT2D eigenvalue weighted by Gasteiger charge is 2.69. The van der Waals surface area contributed by atoms with Crippen LogP contribution in [0.5, 0.6) is 0 Å². The van der Waals surface area contributed by atoms with E-state index in [1.54, 1.807) is 6.92 Å². The lowest BCUT2D eigenvalue weighted by Gasteiger charge is -2.61. The number of aliphatic hydroxyl groups is 1. The summed E-state index contributed by atoms with van der Waals surface area (Å²) in [6.45, 7) is 10.2. The van der Waals surface area contributed by atoms with Crippen LogP contribution in [-0.2, 0) is 23.9 Å². The number of imide groups is 1. The van der Waals surface area contributed by atoms with Gasteiger partial charge in [0.05, 0.1) is 24.5 Å². The number of ether oxygens (including phenoxy) is 2. The Kier molecular flexibility index (Phi) is 6.50. The van der Waals surface area contributed by atoms with E-state index in [0.717, 1.165) is 32.4 Å². The van der Waals surface area contributed by atoms with Crippen molar-refractivity contribution in [2.45, 2.75) is 78.4 Å². The summed E-state index contributed by atoms with van der Waals surface area (Å²) in [6, 6.07) is 0. The van der Waals surface area contributed by atoms with Crippen LogP contribution in [0.4, 0.5) is 4.79 Å². The maximum atomic E-state index is 13.5. The number of amides is 2. The minimum absolute atomic E-state index is 0.00726. The molecule has 0 aromatic heterocycles. The van der Waals surface area contributed by atoms with E-state index in [9.17, 15) is 24.3 Å². The van der Waals surface area contributed by atoms with Gasteiger partial charge in [-0.3, -0.25) is 19.7 Å². The summed E-state index contributed by atoms with van der Waals surface area (Å²) in [5.74, 6) is -1.44. The van der Waals surface area contributed by atoms with Gasteiger partial charge in [-0.15, -0.1) is 0 Å². The van der Waals surface area contributed by atoms with Crippen LogP contribution in [0.2, 0.25) is 0 Å². The molecule has 9 heteroatoms. The Morgan fingerprint density at radius 3 is 2.46 bits per heavy atom. The number of piperidine rings is 1. The van der Waals surface area contributed by atoms with Crippen LogP contribution in [0.25, 0.3) is 0 Å². The van der Waals surface area contributed by atoms with Crippen LogP contribution in [0.3, 0.4) is 0 Å². The van der Waals surface area contributed by atoms with Crippen molar-refractivity contribution in [3.63, 3.8) is 0 Å². The average Bonchev–Trinajstić information content (AvgIpc) is 3.59. The molecule has 2 aliphatic heterocycles. The van der Waals surface area contributed by atoms with Crippen molar-refractivity contribution >= 4 is 23.8 Å². The van der Waals surface area contributed by atoms with Crippen molar-refractivity contribution in [3.8, 4) is 0 Å². The van der Waals surface area contributed by atoms with E-state index in [-0.39, 0.29) is 41.8 Å². The van der Waals surface area contributed by atoms with E-state index in [1.165, 1.54) is 7.11 Å². The Hall–Kier alpha value is -2.00. The van der Waals surface area contributed by atoms with E-state index < -0.39 is 46.4 Å². The molecule has 5 fully saturated rings. The number of Topliss-reactive ketones (excluding diaryl/α,β-unsaturated/α-hetero) is 1. The fraction of sp³-hybridized carbons (Fsp3) is 0.857. The minimum Gasteiger partial charge on any atom is -0.469 e. The van der Waals surface area contributed by atoms with E-state index in [2.05, 4.69) is 17.1 Å². The Morgan fingerprint density at radius 1 is 1.11 bits per heavy atom. The number of aliphatic hydroxyl groups excluding tert-OH is 1. The van der Waals surface area contributed by atoms with Crippen molar-refractivity contribution in [3.05, 3.63) is 0 Å². The normalized spacial score (nSPS) is 48.5. The van der Waals surface area contributed by atoms with Gasteiger partial charge in [0, 0.05) is 37.3 Å². The number of fused-ring (bicyclic) bond motifs is 2. The second-order valence-electron chi connectivity index (χ2n) is 13.1. The summed E-state index contributed by atoms with van der Waals surface area (Å²) in [4.78, 5) is 55.1. The largest absolute Gasteiger partial charge is 0.469 e. The Labute approximate surface area is 219 Å². The van der Waals surface area contributed by atoms with Crippen molar-refractivity contribution in [1.82, 2.24) is 10.2 Å². The predicted octanol–water partition coefficient (Wildman–Crippen LogP) is 2.54. The van der Waals surface area contributed by atoms with Crippen molar-refractivity contribution < 1.29 is 33.8 Å². The van der Waals surface area contributed by atoms with Crippen LogP contribution in [0, 0.1) is 45.8 Å². The number of methoxy groups -OCH3 is 1. The van der Waals surface area contributed by atoms with Gasteiger partial charge in [0.1, 0.15) is 11.9 Å². The van der Waals surface area contributed by atoms with Gasteiger partial charge in [0.25, 0.3) is 0 Å². The van der Waals surface area contributed by atoms with Gasteiger partial charge >= 0.3 is 12.1 Å². The van der Waals surface area contributed by atoms with E-state index >= 15 is 0 Å². The van der Waals surface area contributed by atoms with Gasteiger partial charge in [-0.25, -0.2) is 4.79 Å². The summed E-state index contributed by atoms with van der Waals surface area (Å²) >= 11 is 0. The van der Waals surface area contributed by atoms with Crippen LogP contribution in [0.15, 0.2) is 0 Å². The number of carbonyl (C=O) groups is 4. The Bertz CT molecular complexity index is 1000. The monoisotopic (exact) mass is 518 g/mol. The molecule has 4 bridgehead atoms. The molecule has 9 nitrogen and oxygen atoms in total. The lowest BCUT2D eigenvalue weighted by Crippen LogP contribution is -2.64. The maximum absolute atomic E-state index is 13.5. The molecular weight excluding hydrogens is 476 g/mol. The van der Waals surface area contributed by atoms with Crippen LogP contribution in [-0.4, -0.2) is 72.7 Å². The van der Waals surface area contributed by atoms with E-state index in [4.69, 9.17) is 9.47 Å². The molecule has 3 unspecified atom stereocenters. The predicted molar refractivity (Wildman–Crippen MR) is 133 cm³/mol. The standard InChI is InChI=1S/C28H42N2O7/c1-15-6-9-28-10-7-19(31)21(28)27(15,4)20(12-26(3,24(34)36-5)22(32)16(28)2)37-25(35)29-23(33)18-14-30-11-8-17(18)13-30/h15-18,20-22,32H,6-14H2,1-5H3,(H,29,33,35)/t15-,16+,17-,18+,20-,21?,22+,26-,27+,28?/m1/s1. The number of carbonyl (C=O) groups excluding carboxylic acids is 4. The Morgan fingerprint density at radius 2 is 1.84 bits per heavy atom. The number of nitrogens with zero attached hydrogens (tertiary/aromatic N) is 1. The first-order valence-electron chi connectivity index (χ1n) is 13.9. The van der Waals surface area contributed by atoms with E-state index in [0.29, 0.717) is 19.4 Å². The van der Waals surface area contributed by atoms with Crippen molar-refractivity contribution in [2.75, 3.05) is 26.7 Å². The van der Waals surface area contributed by atoms with Gasteiger partial charge in [-0.05, 0) is 62.3 Å². The summed E-state index contributed by atoms with van der Waals surface area (Å²) < 4.78 is 11.2. The smallest absolute Gasteiger partial charge is 0.414 e. The Balaban J connectivity index is 1.49. The van der Waals surface area contributed by atoms with Gasteiger partial charge in [0.15, 0.2) is 0 Å². The second-order valence-corrected chi connectivity index (χ2v) is 13.1. The molecule has 3 saturated carbocycles. The average molecular weight is 519 g/mol. The number of ketones is 1. The molecule has 2 amide bonds. The highest BCUT2D eigenvalue weighted by molar-refractivity contribution is 5.94. The zero-order valence-corrected chi connectivity index (χ0v) is 22.7. The van der Waals surface area contributed by atoms with Gasteiger partial charge < -0.3 is 19.5 Å². The number of alkyl carbamates (subject to hydrolysis) is 1. The number of rotatable bonds is 3. The molecule has 2 N–H and O–H groups in total. The third-order valence-corrected chi connectivity index (χ3v) is 11.6. The quantitative estimate of drug-likeness (QED) is 0.547. The third kappa shape index (κ3) is 3.78. The fourth-order valence-electron chi connectivity index (χ4n) is 9.13. The molecule has 0 aromatic rings. The first kappa shape index (κ1) is 26.6.